The predicted octanol–water partition coefficient (Wildman–Crippen LogP) is 6.04. The van der Waals surface area contributed by atoms with Crippen LogP contribution in [0.1, 0.15) is 11.1 Å². The Bertz CT molecular complexity index is 1490. The molecule has 1 saturated heterocycles. The zero-order chi connectivity index (χ0) is 25.8. The first-order valence-corrected chi connectivity index (χ1v) is 12.6. The maximum atomic E-state index is 13.6. The number of aliphatic imine (C=N–C) groups is 1. The van der Waals surface area contributed by atoms with Crippen molar-refractivity contribution in [2.45, 2.75) is 6.42 Å². The van der Waals surface area contributed by atoms with Gasteiger partial charge >= 0.3 is 0 Å². The molecule has 0 aliphatic carbocycles. The molecule has 0 spiro atoms. The third-order valence-corrected chi connectivity index (χ3v) is 7.20. The van der Waals surface area contributed by atoms with Crippen molar-refractivity contribution in [1.82, 2.24) is 9.88 Å². The Kier molecular flexibility index (Phi) is 7.18. The molecule has 188 valence electrons. The molecule has 7 nitrogen and oxygen atoms in total. The van der Waals surface area contributed by atoms with Crippen LogP contribution in [0.2, 0.25) is 0 Å². The normalized spacial score (nSPS) is 15.6. The number of thioether (sulfide) groups is 1. The molecule has 1 fully saturated rings. The van der Waals surface area contributed by atoms with Crippen LogP contribution in [0.3, 0.4) is 0 Å². The number of rotatable bonds is 8. The Balaban J connectivity index is 1.47. The fraction of sp³-hybridized carbons (Fsp3) is 0.172. The molecule has 5 rings (SSSR count). The quantitative estimate of drug-likeness (QED) is 0.291. The summed E-state index contributed by atoms with van der Waals surface area (Å²) in [4.78, 5) is 24.1. The Hall–Kier alpha value is -4.17. The summed E-state index contributed by atoms with van der Waals surface area (Å²) in [6.45, 7) is 0.500. The van der Waals surface area contributed by atoms with Crippen molar-refractivity contribution < 1.29 is 19.0 Å². The molecule has 0 unspecified atom stereocenters. The zero-order valence-electron chi connectivity index (χ0n) is 20.9. The van der Waals surface area contributed by atoms with Gasteiger partial charge < -0.3 is 19.2 Å². The van der Waals surface area contributed by atoms with Crippen LogP contribution in [0.5, 0.6) is 17.2 Å². The molecule has 1 amide bonds. The summed E-state index contributed by atoms with van der Waals surface area (Å²) in [5, 5.41) is 1.79. The summed E-state index contributed by atoms with van der Waals surface area (Å²) in [7, 11) is 4.84. The average Bonchev–Trinajstić information content (AvgIpc) is 3.48. The molecule has 1 N–H and O–H groups in total. The number of amides is 1. The molecule has 1 aliphatic heterocycles. The van der Waals surface area contributed by atoms with Gasteiger partial charge in [0, 0.05) is 35.3 Å². The van der Waals surface area contributed by atoms with Crippen molar-refractivity contribution in [2.75, 3.05) is 27.9 Å². The molecule has 3 aromatic carbocycles. The van der Waals surface area contributed by atoms with Crippen LogP contribution in [0.25, 0.3) is 17.0 Å². The topological polar surface area (TPSA) is 76.2 Å². The highest BCUT2D eigenvalue weighted by Crippen LogP contribution is 2.37. The van der Waals surface area contributed by atoms with Crippen LogP contribution in [-0.4, -0.2) is 48.8 Å². The summed E-state index contributed by atoms with van der Waals surface area (Å²) in [5.41, 5.74) is 3.78. The van der Waals surface area contributed by atoms with E-state index in [4.69, 9.17) is 19.2 Å². The molecule has 4 aromatic rings. The standard InChI is InChI=1S/C29H27N3O4S/c1-34-22-12-9-21(10-13-22)31-29-32(15-14-20-18-30-25-7-5-4-6-24(20)25)28(33)27(37-29)16-19-8-11-23(35-2)17-26(19)36-3/h4-13,16-18,30H,14-15H2,1-3H3/b27-16-,31-29?. The predicted molar refractivity (Wildman–Crippen MR) is 149 cm³/mol. The van der Waals surface area contributed by atoms with E-state index in [9.17, 15) is 4.79 Å². The van der Waals surface area contributed by atoms with Gasteiger partial charge in [0.15, 0.2) is 5.17 Å². The average molecular weight is 514 g/mol. The number of benzene rings is 3. The summed E-state index contributed by atoms with van der Waals surface area (Å²) in [6, 6.07) is 21.2. The van der Waals surface area contributed by atoms with Gasteiger partial charge in [0.2, 0.25) is 0 Å². The molecule has 0 radical (unpaired) electrons. The van der Waals surface area contributed by atoms with Gasteiger partial charge in [-0.15, -0.1) is 0 Å². The van der Waals surface area contributed by atoms with E-state index < -0.39 is 0 Å². The summed E-state index contributed by atoms with van der Waals surface area (Å²) in [5.74, 6) is 1.98. The number of methoxy groups -OCH3 is 3. The minimum atomic E-state index is -0.0880. The summed E-state index contributed by atoms with van der Waals surface area (Å²) >= 11 is 1.36. The number of carbonyl (C=O) groups is 1. The number of fused-ring (bicyclic) bond motifs is 1. The lowest BCUT2D eigenvalue weighted by Gasteiger charge is -2.15. The van der Waals surface area contributed by atoms with E-state index in [0.29, 0.717) is 34.5 Å². The number of para-hydroxylation sites is 1. The van der Waals surface area contributed by atoms with Gasteiger partial charge in [-0.1, -0.05) is 18.2 Å². The van der Waals surface area contributed by atoms with Gasteiger partial charge in [0.25, 0.3) is 5.91 Å². The van der Waals surface area contributed by atoms with E-state index in [2.05, 4.69) is 17.1 Å². The van der Waals surface area contributed by atoms with Gasteiger partial charge in [-0.05, 0) is 72.3 Å². The maximum Gasteiger partial charge on any atom is 0.266 e. The largest absolute Gasteiger partial charge is 0.497 e. The minimum Gasteiger partial charge on any atom is -0.497 e. The molecule has 8 heteroatoms. The Labute approximate surface area is 219 Å². The fourth-order valence-electron chi connectivity index (χ4n) is 4.21. The number of carbonyl (C=O) groups excluding carboxylic acids is 1. The van der Waals surface area contributed by atoms with Gasteiger partial charge in [-0.3, -0.25) is 9.69 Å². The monoisotopic (exact) mass is 513 g/mol. The minimum absolute atomic E-state index is 0.0880. The molecule has 1 aliphatic rings. The van der Waals surface area contributed by atoms with Crippen molar-refractivity contribution >= 4 is 45.5 Å². The number of nitrogens with zero attached hydrogens (tertiary/aromatic N) is 2. The van der Waals surface area contributed by atoms with Gasteiger partial charge in [0.05, 0.1) is 31.9 Å². The number of aromatic nitrogens is 1. The molecule has 0 saturated carbocycles. The first-order valence-electron chi connectivity index (χ1n) is 11.8. The number of hydrogen-bond donors (Lipinski definition) is 1. The second-order valence-corrected chi connectivity index (χ2v) is 9.39. The van der Waals surface area contributed by atoms with Gasteiger partial charge in [0.1, 0.15) is 17.2 Å². The van der Waals surface area contributed by atoms with Crippen LogP contribution in [-0.2, 0) is 11.2 Å². The van der Waals surface area contributed by atoms with E-state index >= 15 is 0 Å². The van der Waals surface area contributed by atoms with Crippen molar-refractivity contribution in [2.24, 2.45) is 4.99 Å². The van der Waals surface area contributed by atoms with Gasteiger partial charge in [-0.2, -0.15) is 0 Å². The molecule has 0 bridgehead atoms. The Morgan fingerprint density at radius 2 is 1.70 bits per heavy atom. The second kappa shape index (κ2) is 10.8. The summed E-state index contributed by atoms with van der Waals surface area (Å²) in [6.07, 6.45) is 4.55. The Morgan fingerprint density at radius 3 is 2.46 bits per heavy atom. The lowest BCUT2D eigenvalue weighted by Crippen LogP contribution is -2.31. The Morgan fingerprint density at radius 1 is 0.946 bits per heavy atom. The maximum absolute atomic E-state index is 13.6. The highest BCUT2D eigenvalue weighted by Gasteiger charge is 2.33. The molecule has 0 atom stereocenters. The first kappa shape index (κ1) is 24.5. The molecule has 2 heterocycles. The van der Waals surface area contributed by atoms with Crippen molar-refractivity contribution in [3.63, 3.8) is 0 Å². The van der Waals surface area contributed by atoms with Crippen molar-refractivity contribution in [3.05, 3.63) is 89.0 Å². The van der Waals surface area contributed by atoms with Crippen LogP contribution >= 0.6 is 11.8 Å². The highest BCUT2D eigenvalue weighted by atomic mass is 32.2. The SMILES string of the molecule is COc1ccc(N=C2S/C(=C\c3ccc(OC)cc3OC)C(=O)N2CCc2c[nH]c3ccccc23)cc1. The number of amidine groups is 1. The number of ether oxygens (including phenoxy) is 3. The van der Waals surface area contributed by atoms with Crippen molar-refractivity contribution in [3.8, 4) is 17.2 Å². The van der Waals surface area contributed by atoms with Crippen LogP contribution < -0.4 is 14.2 Å². The van der Waals surface area contributed by atoms with Crippen LogP contribution in [0, 0.1) is 0 Å². The second-order valence-electron chi connectivity index (χ2n) is 8.38. The van der Waals surface area contributed by atoms with E-state index in [0.717, 1.165) is 33.5 Å². The number of nitrogens with one attached hydrogen (secondary N) is 1. The lowest BCUT2D eigenvalue weighted by atomic mass is 10.1. The smallest absolute Gasteiger partial charge is 0.266 e. The van der Waals surface area contributed by atoms with E-state index in [-0.39, 0.29) is 5.91 Å². The number of H-pyrrole nitrogens is 1. The van der Waals surface area contributed by atoms with Crippen LogP contribution in [0.4, 0.5) is 5.69 Å². The fourth-order valence-corrected chi connectivity index (χ4v) is 5.22. The summed E-state index contributed by atoms with van der Waals surface area (Å²) < 4.78 is 16.1. The van der Waals surface area contributed by atoms with Crippen molar-refractivity contribution in [1.29, 1.82) is 0 Å². The van der Waals surface area contributed by atoms with E-state index in [1.165, 1.54) is 11.8 Å². The number of aromatic amines is 1. The lowest BCUT2D eigenvalue weighted by molar-refractivity contribution is -0.122. The molecular weight excluding hydrogens is 486 g/mol. The number of hydrogen-bond acceptors (Lipinski definition) is 6. The highest BCUT2D eigenvalue weighted by molar-refractivity contribution is 8.18. The van der Waals surface area contributed by atoms with E-state index in [1.54, 1.807) is 32.3 Å². The molecule has 37 heavy (non-hydrogen) atoms. The van der Waals surface area contributed by atoms with Crippen LogP contribution in [0.15, 0.2) is 82.8 Å². The van der Waals surface area contributed by atoms with Gasteiger partial charge in [-0.25, -0.2) is 4.99 Å². The third kappa shape index (κ3) is 5.20. The molecule has 1 aromatic heterocycles. The van der Waals surface area contributed by atoms with E-state index in [1.807, 2.05) is 60.8 Å². The zero-order valence-corrected chi connectivity index (χ0v) is 21.7. The third-order valence-electron chi connectivity index (χ3n) is 6.19. The first-order chi connectivity index (χ1) is 18.1. The molecular formula is C29H27N3O4S.